The number of imide groups is 1. The number of likely N-dealkylation sites (tertiary alicyclic amines) is 1. The van der Waals surface area contributed by atoms with E-state index < -0.39 is 35.3 Å². The van der Waals surface area contributed by atoms with Gasteiger partial charge in [0, 0.05) is 18.7 Å². The van der Waals surface area contributed by atoms with Crippen LogP contribution in [0.3, 0.4) is 0 Å². The molecule has 3 rings (SSSR count). The molecule has 0 aromatic heterocycles. The fourth-order valence-corrected chi connectivity index (χ4v) is 4.32. The number of amides is 2. The summed E-state index contributed by atoms with van der Waals surface area (Å²) in [6.45, 7) is 1.58. The van der Waals surface area contributed by atoms with E-state index in [2.05, 4.69) is 5.32 Å². The number of hydrogen-bond donors (Lipinski definition) is 1. The maximum absolute atomic E-state index is 12.9. The topological polar surface area (TPSA) is 103 Å². The van der Waals surface area contributed by atoms with Gasteiger partial charge in [0.1, 0.15) is 5.54 Å². The Kier molecular flexibility index (Phi) is 4.97. The van der Waals surface area contributed by atoms with Crippen LogP contribution in [0.5, 0.6) is 17.2 Å². The maximum Gasteiger partial charge on any atom is 0.326 e. The number of nitrogens with one attached hydrogen (secondary N) is 1. The van der Waals surface area contributed by atoms with E-state index in [1.807, 2.05) is 0 Å². The second-order valence-electron chi connectivity index (χ2n) is 6.98. The normalized spacial score (nSPS) is 28.9. The number of rotatable bonds is 5. The van der Waals surface area contributed by atoms with Gasteiger partial charge in [-0.1, -0.05) is 0 Å². The molecule has 2 amide bonds. The van der Waals surface area contributed by atoms with Crippen LogP contribution in [0.4, 0.5) is 0 Å². The zero-order valence-corrected chi connectivity index (χ0v) is 16.7. The summed E-state index contributed by atoms with van der Waals surface area (Å²) in [4.78, 5) is 39.3. The molecule has 0 radical (unpaired) electrons. The van der Waals surface area contributed by atoms with Crippen molar-refractivity contribution in [1.82, 2.24) is 10.2 Å². The number of methoxy groups -OCH3 is 4. The molecular formula is C19H24N2O7. The minimum atomic E-state index is -1.36. The summed E-state index contributed by atoms with van der Waals surface area (Å²) in [6.07, 6.45) is 0. The van der Waals surface area contributed by atoms with Crippen molar-refractivity contribution < 1.29 is 33.3 Å². The van der Waals surface area contributed by atoms with E-state index in [4.69, 9.17) is 18.9 Å². The molecule has 2 fully saturated rings. The van der Waals surface area contributed by atoms with E-state index in [9.17, 15) is 14.4 Å². The van der Waals surface area contributed by atoms with Crippen LogP contribution in [0.25, 0.3) is 0 Å². The van der Waals surface area contributed by atoms with E-state index >= 15 is 0 Å². The summed E-state index contributed by atoms with van der Waals surface area (Å²) in [6, 6.07) is 2.76. The Balaban J connectivity index is 2.19. The number of esters is 1. The van der Waals surface area contributed by atoms with Gasteiger partial charge >= 0.3 is 5.97 Å². The Hall–Kier alpha value is -2.81. The lowest BCUT2D eigenvalue weighted by Gasteiger charge is -2.28. The van der Waals surface area contributed by atoms with Crippen molar-refractivity contribution in [3.8, 4) is 17.2 Å². The van der Waals surface area contributed by atoms with E-state index in [1.165, 1.54) is 35.5 Å². The molecule has 152 valence electrons. The number of nitrogens with zero attached hydrogens (tertiary/aromatic N) is 1. The van der Waals surface area contributed by atoms with Crippen LogP contribution in [-0.4, -0.2) is 63.7 Å². The minimum absolute atomic E-state index is 0.359. The molecule has 9 nitrogen and oxygen atoms in total. The van der Waals surface area contributed by atoms with Gasteiger partial charge in [-0.2, -0.15) is 0 Å². The first-order valence-electron chi connectivity index (χ1n) is 8.73. The summed E-state index contributed by atoms with van der Waals surface area (Å²) in [5.41, 5.74) is -0.779. The number of fused-ring (bicyclic) bond motifs is 1. The van der Waals surface area contributed by atoms with Gasteiger partial charge in [-0.05, 0) is 19.1 Å². The largest absolute Gasteiger partial charge is 0.493 e. The van der Waals surface area contributed by atoms with Crippen molar-refractivity contribution in [3.05, 3.63) is 17.7 Å². The molecule has 4 atom stereocenters. The first-order chi connectivity index (χ1) is 13.3. The first kappa shape index (κ1) is 19.9. The summed E-state index contributed by atoms with van der Waals surface area (Å²) in [5, 5.41) is 3.16. The van der Waals surface area contributed by atoms with Crippen molar-refractivity contribution in [2.75, 3.05) is 35.5 Å². The van der Waals surface area contributed by atoms with Gasteiger partial charge in [-0.25, -0.2) is 0 Å². The first-order valence-corrected chi connectivity index (χ1v) is 8.73. The zero-order chi connectivity index (χ0) is 20.8. The fraction of sp³-hybridized carbons (Fsp3) is 0.526. The highest BCUT2D eigenvalue weighted by atomic mass is 16.5. The predicted molar refractivity (Wildman–Crippen MR) is 97.2 cm³/mol. The minimum Gasteiger partial charge on any atom is -0.493 e. The quantitative estimate of drug-likeness (QED) is 0.571. The molecular weight excluding hydrogens is 368 g/mol. The Bertz CT molecular complexity index is 840. The van der Waals surface area contributed by atoms with Crippen LogP contribution >= 0.6 is 0 Å². The average molecular weight is 392 g/mol. The van der Waals surface area contributed by atoms with Gasteiger partial charge in [0.25, 0.3) is 0 Å². The van der Waals surface area contributed by atoms with E-state index in [0.717, 1.165) is 4.90 Å². The zero-order valence-electron chi connectivity index (χ0n) is 16.7. The molecule has 2 saturated heterocycles. The highest BCUT2D eigenvalue weighted by Gasteiger charge is 2.66. The number of ether oxygens (including phenoxy) is 4. The highest BCUT2D eigenvalue weighted by molar-refractivity contribution is 6.09. The van der Waals surface area contributed by atoms with Crippen LogP contribution in [-0.2, 0) is 19.1 Å². The van der Waals surface area contributed by atoms with Crippen molar-refractivity contribution in [1.29, 1.82) is 0 Å². The van der Waals surface area contributed by atoms with Gasteiger partial charge < -0.3 is 18.9 Å². The number of carbonyl (C=O) groups excluding carboxylic acids is 3. The van der Waals surface area contributed by atoms with E-state index in [1.54, 1.807) is 19.1 Å². The Labute approximate surface area is 162 Å². The lowest BCUT2D eigenvalue weighted by atomic mass is 9.80. The highest BCUT2D eigenvalue weighted by Crippen LogP contribution is 2.52. The molecule has 0 saturated carbocycles. The molecule has 1 aromatic rings. The smallest absolute Gasteiger partial charge is 0.326 e. The third kappa shape index (κ3) is 2.53. The average Bonchev–Trinajstić information content (AvgIpc) is 3.14. The Morgan fingerprint density at radius 1 is 1.04 bits per heavy atom. The fourth-order valence-electron chi connectivity index (χ4n) is 4.32. The molecule has 0 aliphatic carbocycles. The summed E-state index contributed by atoms with van der Waals surface area (Å²) >= 11 is 0. The van der Waals surface area contributed by atoms with Crippen LogP contribution in [0, 0.1) is 11.8 Å². The lowest BCUT2D eigenvalue weighted by Crippen LogP contribution is -2.53. The number of benzene rings is 1. The molecule has 28 heavy (non-hydrogen) atoms. The third-order valence-corrected chi connectivity index (χ3v) is 5.69. The molecule has 1 aromatic carbocycles. The summed E-state index contributed by atoms with van der Waals surface area (Å²) < 4.78 is 21.2. The number of hydrogen-bond acceptors (Lipinski definition) is 8. The molecule has 0 bridgehead atoms. The number of carbonyl (C=O) groups is 3. The lowest BCUT2D eigenvalue weighted by molar-refractivity contribution is -0.152. The van der Waals surface area contributed by atoms with Crippen molar-refractivity contribution in [2.24, 2.45) is 11.8 Å². The standard InChI is InChI=1S/C19H24N2O7/c1-19(18(24)28-6)12-11(16(22)21(2)17(12)23)13(20-19)9-7-8-10(25-3)15(27-5)14(9)26-4/h7-8,11-13,20H,1-6H3/t11-,12-,13-,19-/m1/s1. The van der Waals surface area contributed by atoms with Crippen LogP contribution in [0.15, 0.2) is 12.1 Å². The molecule has 2 aliphatic heterocycles. The summed E-state index contributed by atoms with van der Waals surface area (Å²) in [5.74, 6) is -1.89. The van der Waals surface area contributed by atoms with Crippen molar-refractivity contribution >= 4 is 17.8 Å². The van der Waals surface area contributed by atoms with Gasteiger partial charge in [-0.3, -0.25) is 24.6 Å². The molecule has 1 N–H and O–H groups in total. The van der Waals surface area contributed by atoms with Gasteiger partial charge in [0.2, 0.25) is 17.6 Å². The van der Waals surface area contributed by atoms with Crippen LogP contribution in [0.2, 0.25) is 0 Å². The van der Waals surface area contributed by atoms with E-state index in [-0.39, 0.29) is 5.91 Å². The second kappa shape index (κ2) is 6.97. The van der Waals surface area contributed by atoms with Crippen molar-refractivity contribution in [3.63, 3.8) is 0 Å². The van der Waals surface area contributed by atoms with Gasteiger partial charge in [0.05, 0.1) is 40.3 Å². The van der Waals surface area contributed by atoms with Crippen molar-refractivity contribution in [2.45, 2.75) is 18.5 Å². The molecule has 2 heterocycles. The van der Waals surface area contributed by atoms with Crippen LogP contribution < -0.4 is 19.5 Å². The second-order valence-corrected chi connectivity index (χ2v) is 6.98. The monoisotopic (exact) mass is 392 g/mol. The molecule has 0 spiro atoms. The molecule has 2 aliphatic rings. The SMILES string of the molecule is COC(=O)[C@]1(C)N[C@H](c2ccc(OC)c(OC)c2OC)[C@@H]2C(=O)N(C)C(=O)[C@@H]21. The maximum atomic E-state index is 12.9. The van der Waals surface area contributed by atoms with Crippen LogP contribution in [0.1, 0.15) is 18.5 Å². The van der Waals surface area contributed by atoms with Gasteiger partial charge in [-0.15, -0.1) is 0 Å². The van der Waals surface area contributed by atoms with E-state index in [0.29, 0.717) is 22.8 Å². The predicted octanol–water partition coefficient (Wildman–Crippen LogP) is 0.519. The molecule has 9 heteroatoms. The molecule has 0 unspecified atom stereocenters. The van der Waals surface area contributed by atoms with Gasteiger partial charge in [0.15, 0.2) is 11.5 Å². The third-order valence-electron chi connectivity index (χ3n) is 5.69. The Morgan fingerprint density at radius 2 is 1.68 bits per heavy atom. The Morgan fingerprint density at radius 3 is 2.21 bits per heavy atom. The summed E-state index contributed by atoms with van der Waals surface area (Å²) in [7, 11) is 7.12.